The van der Waals surface area contributed by atoms with Gasteiger partial charge in [-0.3, -0.25) is 0 Å². The topological polar surface area (TPSA) is 71.4 Å². The summed E-state index contributed by atoms with van der Waals surface area (Å²) in [6, 6.07) is 7.11. The first-order chi connectivity index (χ1) is 9.68. The Labute approximate surface area is 125 Å². The number of hydrogen-bond acceptors (Lipinski definition) is 3. The third-order valence-electron chi connectivity index (χ3n) is 2.80. The van der Waals surface area contributed by atoms with Crippen LogP contribution in [-0.4, -0.2) is 25.7 Å². The lowest BCUT2D eigenvalue weighted by atomic mass is 10.0. The van der Waals surface area contributed by atoms with Crippen molar-refractivity contribution in [3.05, 3.63) is 52.8 Å². The Morgan fingerprint density at radius 2 is 1.86 bits per heavy atom. The van der Waals surface area contributed by atoms with Crippen LogP contribution in [0.15, 0.2) is 41.3 Å². The first kappa shape index (κ1) is 15.5. The van der Waals surface area contributed by atoms with Gasteiger partial charge in [0.05, 0.1) is 10.5 Å². The molecule has 0 aromatic heterocycles. The molecule has 0 bridgehead atoms. The van der Waals surface area contributed by atoms with Gasteiger partial charge in [0, 0.05) is 16.8 Å². The predicted molar refractivity (Wildman–Crippen MR) is 76.9 cm³/mol. The van der Waals surface area contributed by atoms with Crippen LogP contribution in [0.5, 0.6) is 0 Å². The lowest BCUT2D eigenvalue weighted by Gasteiger charge is -2.10. The lowest BCUT2D eigenvalue weighted by Crippen LogP contribution is -2.03. The summed E-state index contributed by atoms with van der Waals surface area (Å²) in [4.78, 5) is 10.9. The van der Waals surface area contributed by atoms with Gasteiger partial charge in [-0.05, 0) is 42.0 Å². The van der Waals surface area contributed by atoms with E-state index in [9.17, 15) is 17.6 Å². The second kappa shape index (κ2) is 5.46. The average Bonchev–Trinajstić information content (AvgIpc) is 2.35. The van der Waals surface area contributed by atoms with Gasteiger partial charge in [-0.1, -0.05) is 11.6 Å². The molecule has 0 spiro atoms. The number of halogens is 2. The molecule has 1 N–H and O–H groups in total. The minimum absolute atomic E-state index is 0.0881. The molecule has 7 heteroatoms. The summed E-state index contributed by atoms with van der Waals surface area (Å²) in [5, 5.41) is 9.10. The number of sulfone groups is 1. The predicted octanol–water partition coefficient (Wildman–Crippen LogP) is 3.25. The number of aromatic carboxylic acids is 1. The molecule has 0 saturated heterocycles. The standard InChI is InChI=1S/C14H10ClFO4S/c1-21(19,20)13-3-2-8(14(17)18)6-12(13)9-4-10(15)7-11(16)5-9/h2-7H,1H3,(H,17,18). The Kier molecular flexibility index (Phi) is 4.02. The molecule has 0 aliphatic rings. The summed E-state index contributed by atoms with van der Waals surface area (Å²) in [6.45, 7) is 0. The second-order valence-corrected chi connectivity index (χ2v) is 6.87. The molecule has 0 aliphatic carbocycles. The number of carboxylic acid groups (broad SMARTS) is 1. The number of carboxylic acids is 1. The molecule has 0 aliphatic heterocycles. The molecule has 0 radical (unpaired) electrons. The van der Waals surface area contributed by atoms with Crippen molar-refractivity contribution in [2.24, 2.45) is 0 Å². The van der Waals surface area contributed by atoms with Gasteiger partial charge in [0.25, 0.3) is 0 Å². The van der Waals surface area contributed by atoms with Crippen molar-refractivity contribution >= 4 is 27.4 Å². The minimum atomic E-state index is -3.61. The van der Waals surface area contributed by atoms with Crippen molar-refractivity contribution in [1.82, 2.24) is 0 Å². The number of rotatable bonds is 3. The van der Waals surface area contributed by atoms with E-state index in [1.54, 1.807) is 0 Å². The summed E-state index contributed by atoms with van der Waals surface area (Å²) in [6.07, 6.45) is 0.993. The van der Waals surface area contributed by atoms with Crippen LogP contribution in [0, 0.1) is 5.82 Å². The van der Waals surface area contributed by atoms with Gasteiger partial charge in [-0.25, -0.2) is 17.6 Å². The van der Waals surface area contributed by atoms with Crippen LogP contribution < -0.4 is 0 Å². The highest BCUT2D eigenvalue weighted by Crippen LogP contribution is 2.31. The van der Waals surface area contributed by atoms with Crippen LogP contribution in [0.25, 0.3) is 11.1 Å². The molecular formula is C14H10ClFO4S. The smallest absolute Gasteiger partial charge is 0.335 e. The Hall–Kier alpha value is -1.92. The van der Waals surface area contributed by atoms with Gasteiger partial charge in [-0.15, -0.1) is 0 Å². The Morgan fingerprint density at radius 1 is 1.19 bits per heavy atom. The summed E-state index contributed by atoms with van der Waals surface area (Å²) in [7, 11) is -3.61. The SMILES string of the molecule is CS(=O)(=O)c1ccc(C(=O)O)cc1-c1cc(F)cc(Cl)c1. The van der Waals surface area contributed by atoms with E-state index in [1.165, 1.54) is 24.3 Å². The van der Waals surface area contributed by atoms with Gasteiger partial charge in [0.1, 0.15) is 5.82 Å². The van der Waals surface area contributed by atoms with E-state index in [1.807, 2.05) is 0 Å². The lowest BCUT2D eigenvalue weighted by molar-refractivity contribution is 0.0697. The molecule has 0 atom stereocenters. The van der Waals surface area contributed by atoms with E-state index < -0.39 is 21.6 Å². The molecular weight excluding hydrogens is 319 g/mol. The van der Waals surface area contributed by atoms with Crippen molar-refractivity contribution < 1.29 is 22.7 Å². The van der Waals surface area contributed by atoms with Gasteiger partial charge < -0.3 is 5.11 Å². The molecule has 0 unspecified atom stereocenters. The van der Waals surface area contributed by atoms with Crippen molar-refractivity contribution in [3.63, 3.8) is 0 Å². The third kappa shape index (κ3) is 3.40. The molecule has 2 aromatic carbocycles. The highest BCUT2D eigenvalue weighted by molar-refractivity contribution is 7.90. The Morgan fingerprint density at radius 3 is 2.38 bits per heavy atom. The van der Waals surface area contributed by atoms with E-state index in [4.69, 9.17) is 16.7 Å². The van der Waals surface area contributed by atoms with Crippen molar-refractivity contribution in [2.45, 2.75) is 4.90 Å². The molecule has 110 valence electrons. The molecule has 0 saturated carbocycles. The Balaban J connectivity index is 2.80. The number of benzene rings is 2. The van der Waals surface area contributed by atoms with Crippen LogP contribution in [-0.2, 0) is 9.84 Å². The normalized spacial score (nSPS) is 11.4. The zero-order valence-electron chi connectivity index (χ0n) is 10.8. The van der Waals surface area contributed by atoms with Gasteiger partial charge >= 0.3 is 5.97 Å². The number of hydrogen-bond donors (Lipinski definition) is 1. The van der Waals surface area contributed by atoms with Gasteiger partial charge in [0.2, 0.25) is 0 Å². The third-order valence-corrected chi connectivity index (χ3v) is 4.17. The molecule has 0 amide bonds. The summed E-state index contributed by atoms with van der Waals surface area (Å²) >= 11 is 5.76. The molecule has 2 aromatic rings. The highest BCUT2D eigenvalue weighted by Gasteiger charge is 2.18. The molecule has 2 rings (SSSR count). The van der Waals surface area contributed by atoms with E-state index in [2.05, 4.69) is 0 Å². The zero-order chi connectivity index (χ0) is 15.8. The van der Waals surface area contributed by atoms with Crippen molar-refractivity contribution in [1.29, 1.82) is 0 Å². The fourth-order valence-corrected chi connectivity index (χ4v) is 3.03. The van der Waals surface area contributed by atoms with Gasteiger partial charge in [0.15, 0.2) is 9.84 Å². The largest absolute Gasteiger partial charge is 0.478 e. The minimum Gasteiger partial charge on any atom is -0.478 e. The fraction of sp³-hybridized carbons (Fsp3) is 0.0714. The first-order valence-electron chi connectivity index (χ1n) is 5.72. The highest BCUT2D eigenvalue weighted by atomic mass is 35.5. The van der Waals surface area contributed by atoms with Crippen LogP contribution >= 0.6 is 11.6 Å². The van der Waals surface area contributed by atoms with Gasteiger partial charge in [-0.2, -0.15) is 0 Å². The fourth-order valence-electron chi connectivity index (χ4n) is 1.92. The van der Waals surface area contributed by atoms with Crippen LogP contribution in [0.1, 0.15) is 10.4 Å². The first-order valence-corrected chi connectivity index (χ1v) is 7.99. The maximum absolute atomic E-state index is 13.5. The van der Waals surface area contributed by atoms with E-state index in [0.29, 0.717) is 0 Å². The van der Waals surface area contributed by atoms with Crippen LogP contribution in [0.2, 0.25) is 5.02 Å². The number of carbonyl (C=O) groups is 1. The monoisotopic (exact) mass is 328 g/mol. The van der Waals surface area contributed by atoms with Crippen molar-refractivity contribution in [3.8, 4) is 11.1 Å². The molecule has 21 heavy (non-hydrogen) atoms. The summed E-state index contributed by atoms with van der Waals surface area (Å²) in [5.74, 6) is -1.85. The molecule has 4 nitrogen and oxygen atoms in total. The van der Waals surface area contributed by atoms with E-state index in [0.717, 1.165) is 18.4 Å². The summed E-state index contributed by atoms with van der Waals surface area (Å²) < 4.78 is 37.1. The van der Waals surface area contributed by atoms with E-state index in [-0.39, 0.29) is 26.6 Å². The van der Waals surface area contributed by atoms with Crippen LogP contribution in [0.4, 0.5) is 4.39 Å². The average molecular weight is 329 g/mol. The Bertz CT molecular complexity index is 811. The quantitative estimate of drug-likeness (QED) is 0.938. The maximum atomic E-state index is 13.5. The molecule has 0 heterocycles. The zero-order valence-corrected chi connectivity index (χ0v) is 12.4. The van der Waals surface area contributed by atoms with E-state index >= 15 is 0 Å². The maximum Gasteiger partial charge on any atom is 0.335 e. The molecule has 0 fully saturated rings. The van der Waals surface area contributed by atoms with Crippen LogP contribution in [0.3, 0.4) is 0 Å². The van der Waals surface area contributed by atoms with Crippen molar-refractivity contribution in [2.75, 3.05) is 6.26 Å². The second-order valence-electron chi connectivity index (χ2n) is 4.45. The summed E-state index contributed by atoms with van der Waals surface area (Å²) in [5.41, 5.74) is 0.195.